The number of likely N-dealkylation sites (N-methyl/N-ethyl adjacent to an activating group) is 1. The molecule has 2 aromatic rings. The molecule has 3 rings (SSSR count). The van der Waals surface area contributed by atoms with Crippen LogP contribution in [0.2, 0.25) is 0 Å². The van der Waals surface area contributed by atoms with Crippen molar-refractivity contribution < 1.29 is 9.53 Å². The van der Waals surface area contributed by atoms with Gasteiger partial charge in [0.15, 0.2) is 0 Å². The standard InChI is InChI=1S/C18H22BrN5O2/c1-13(26-15-6-4-3-5-14(15)19)10-20-16-9-17(22-12-21-16)24-8-7-23(2)18(25)11-24/h3-6,9,12-13H,7-8,10-11H2,1-2H3,(H,20,21,22). The van der Waals surface area contributed by atoms with Crippen LogP contribution in [-0.2, 0) is 4.79 Å². The quantitative estimate of drug-likeness (QED) is 0.774. The number of rotatable bonds is 6. The Morgan fingerprint density at radius 1 is 1.31 bits per heavy atom. The molecule has 1 aromatic carbocycles. The van der Waals surface area contributed by atoms with E-state index < -0.39 is 0 Å². The highest BCUT2D eigenvalue weighted by Crippen LogP contribution is 2.25. The molecule has 1 unspecified atom stereocenters. The number of halogens is 1. The number of anilines is 2. The summed E-state index contributed by atoms with van der Waals surface area (Å²) in [7, 11) is 1.82. The first-order valence-corrected chi connectivity index (χ1v) is 9.28. The molecular formula is C18H22BrN5O2. The van der Waals surface area contributed by atoms with Crippen molar-refractivity contribution in [3.63, 3.8) is 0 Å². The zero-order valence-electron chi connectivity index (χ0n) is 14.9. The van der Waals surface area contributed by atoms with Gasteiger partial charge in [0.1, 0.15) is 29.8 Å². The van der Waals surface area contributed by atoms with Crippen molar-refractivity contribution >= 4 is 33.5 Å². The molecule has 0 radical (unpaired) electrons. The molecule has 1 aliphatic heterocycles. The number of ether oxygens (including phenoxy) is 1. The van der Waals surface area contributed by atoms with E-state index in [9.17, 15) is 4.79 Å². The lowest BCUT2D eigenvalue weighted by Gasteiger charge is -2.32. The summed E-state index contributed by atoms with van der Waals surface area (Å²) in [6.07, 6.45) is 1.47. The second-order valence-corrected chi connectivity index (χ2v) is 7.09. The maximum Gasteiger partial charge on any atom is 0.241 e. The zero-order chi connectivity index (χ0) is 18.5. The fourth-order valence-corrected chi connectivity index (χ4v) is 3.00. The normalized spacial score (nSPS) is 15.7. The van der Waals surface area contributed by atoms with E-state index in [4.69, 9.17) is 4.74 Å². The highest BCUT2D eigenvalue weighted by molar-refractivity contribution is 9.10. The third-order valence-corrected chi connectivity index (χ3v) is 4.82. The average Bonchev–Trinajstić information content (AvgIpc) is 2.64. The van der Waals surface area contributed by atoms with E-state index in [0.29, 0.717) is 25.5 Å². The van der Waals surface area contributed by atoms with E-state index in [-0.39, 0.29) is 12.0 Å². The molecule has 0 bridgehead atoms. The van der Waals surface area contributed by atoms with Crippen LogP contribution in [0.15, 0.2) is 41.1 Å². The van der Waals surface area contributed by atoms with E-state index in [1.54, 1.807) is 4.90 Å². The summed E-state index contributed by atoms with van der Waals surface area (Å²) in [5, 5.41) is 3.27. The van der Waals surface area contributed by atoms with Crippen LogP contribution in [0.5, 0.6) is 5.75 Å². The van der Waals surface area contributed by atoms with Gasteiger partial charge in [-0.05, 0) is 35.0 Å². The number of carbonyl (C=O) groups is 1. The van der Waals surface area contributed by atoms with Crippen molar-refractivity contribution in [2.45, 2.75) is 13.0 Å². The Morgan fingerprint density at radius 3 is 2.88 bits per heavy atom. The Labute approximate surface area is 161 Å². The van der Waals surface area contributed by atoms with Gasteiger partial charge in [-0.2, -0.15) is 0 Å². The summed E-state index contributed by atoms with van der Waals surface area (Å²) in [6, 6.07) is 9.63. The van der Waals surface area contributed by atoms with Gasteiger partial charge < -0.3 is 19.9 Å². The van der Waals surface area contributed by atoms with Crippen LogP contribution in [0, 0.1) is 0 Å². The van der Waals surface area contributed by atoms with Crippen LogP contribution in [0.4, 0.5) is 11.6 Å². The molecule has 26 heavy (non-hydrogen) atoms. The van der Waals surface area contributed by atoms with Crippen LogP contribution in [0.25, 0.3) is 0 Å². The average molecular weight is 420 g/mol. The predicted molar refractivity (Wildman–Crippen MR) is 105 cm³/mol. The first-order chi connectivity index (χ1) is 12.5. The lowest BCUT2D eigenvalue weighted by Crippen LogP contribution is -2.48. The molecule has 138 valence electrons. The number of nitrogens with zero attached hydrogens (tertiary/aromatic N) is 4. The van der Waals surface area contributed by atoms with Crippen molar-refractivity contribution in [2.75, 3.05) is 43.4 Å². The van der Waals surface area contributed by atoms with Crippen LogP contribution in [0.3, 0.4) is 0 Å². The minimum Gasteiger partial charge on any atom is -0.488 e. The third kappa shape index (κ3) is 4.63. The molecule has 0 spiro atoms. The number of hydrogen-bond acceptors (Lipinski definition) is 6. The maximum atomic E-state index is 11.9. The number of hydrogen-bond donors (Lipinski definition) is 1. The van der Waals surface area contributed by atoms with Crippen LogP contribution in [0.1, 0.15) is 6.92 Å². The molecular weight excluding hydrogens is 398 g/mol. The monoisotopic (exact) mass is 419 g/mol. The van der Waals surface area contributed by atoms with E-state index in [0.717, 1.165) is 22.6 Å². The summed E-state index contributed by atoms with van der Waals surface area (Å²) in [4.78, 5) is 24.1. The van der Waals surface area contributed by atoms with Gasteiger partial charge in [-0.15, -0.1) is 0 Å². The molecule has 1 atom stereocenters. The van der Waals surface area contributed by atoms with Crippen molar-refractivity contribution in [3.8, 4) is 5.75 Å². The number of amides is 1. The predicted octanol–water partition coefficient (Wildman–Crippen LogP) is 2.40. The van der Waals surface area contributed by atoms with E-state index in [1.165, 1.54) is 6.33 Å². The van der Waals surface area contributed by atoms with Gasteiger partial charge in [-0.25, -0.2) is 9.97 Å². The van der Waals surface area contributed by atoms with Crippen LogP contribution in [-0.4, -0.2) is 60.1 Å². The van der Waals surface area contributed by atoms with E-state index >= 15 is 0 Å². The topological polar surface area (TPSA) is 70.6 Å². The van der Waals surface area contributed by atoms with Crippen molar-refractivity contribution in [1.29, 1.82) is 0 Å². The molecule has 7 nitrogen and oxygen atoms in total. The number of benzene rings is 1. The van der Waals surface area contributed by atoms with Gasteiger partial charge in [0.2, 0.25) is 5.91 Å². The van der Waals surface area contributed by atoms with Gasteiger partial charge in [0, 0.05) is 26.2 Å². The molecule has 2 heterocycles. The Morgan fingerprint density at radius 2 is 2.12 bits per heavy atom. The largest absolute Gasteiger partial charge is 0.488 e. The molecule has 1 fully saturated rings. The number of nitrogens with one attached hydrogen (secondary N) is 1. The fraction of sp³-hybridized carbons (Fsp3) is 0.389. The lowest BCUT2D eigenvalue weighted by molar-refractivity contribution is -0.129. The first kappa shape index (κ1) is 18.4. The molecule has 0 saturated carbocycles. The Balaban J connectivity index is 1.57. The summed E-state index contributed by atoms with van der Waals surface area (Å²) >= 11 is 3.48. The molecule has 1 aromatic heterocycles. The van der Waals surface area contributed by atoms with Gasteiger partial charge in [0.05, 0.1) is 17.6 Å². The van der Waals surface area contributed by atoms with Crippen molar-refractivity contribution in [3.05, 3.63) is 41.1 Å². The molecule has 1 amide bonds. The molecule has 1 aliphatic rings. The summed E-state index contributed by atoms with van der Waals surface area (Å²) in [6.45, 7) is 4.39. The third-order valence-electron chi connectivity index (χ3n) is 4.17. The van der Waals surface area contributed by atoms with Crippen molar-refractivity contribution in [1.82, 2.24) is 14.9 Å². The maximum absolute atomic E-state index is 11.9. The highest BCUT2D eigenvalue weighted by Gasteiger charge is 2.22. The van der Waals surface area contributed by atoms with Gasteiger partial charge in [-0.3, -0.25) is 4.79 Å². The van der Waals surface area contributed by atoms with Crippen LogP contribution < -0.4 is 15.0 Å². The lowest BCUT2D eigenvalue weighted by atomic mass is 10.3. The number of para-hydroxylation sites is 1. The Bertz CT molecular complexity index is 773. The highest BCUT2D eigenvalue weighted by atomic mass is 79.9. The van der Waals surface area contributed by atoms with E-state index in [1.807, 2.05) is 49.2 Å². The second-order valence-electron chi connectivity index (χ2n) is 6.24. The van der Waals surface area contributed by atoms with Crippen LogP contribution >= 0.6 is 15.9 Å². The minimum atomic E-state index is -0.0441. The molecule has 1 saturated heterocycles. The van der Waals surface area contributed by atoms with Gasteiger partial charge in [-0.1, -0.05) is 12.1 Å². The Hall–Kier alpha value is -2.35. The number of piperazine rings is 1. The summed E-state index contributed by atoms with van der Waals surface area (Å²) in [5.74, 6) is 2.37. The number of aromatic nitrogens is 2. The fourth-order valence-electron chi connectivity index (χ4n) is 2.62. The molecule has 8 heteroatoms. The molecule has 1 N–H and O–H groups in total. The Kier molecular flexibility index (Phi) is 5.92. The first-order valence-electron chi connectivity index (χ1n) is 8.49. The smallest absolute Gasteiger partial charge is 0.241 e. The summed E-state index contributed by atoms with van der Waals surface area (Å²) in [5.41, 5.74) is 0. The van der Waals surface area contributed by atoms with Gasteiger partial charge >= 0.3 is 0 Å². The molecule has 0 aliphatic carbocycles. The van der Waals surface area contributed by atoms with E-state index in [2.05, 4.69) is 31.2 Å². The summed E-state index contributed by atoms with van der Waals surface area (Å²) < 4.78 is 6.85. The zero-order valence-corrected chi connectivity index (χ0v) is 16.4. The van der Waals surface area contributed by atoms with Crippen molar-refractivity contribution in [2.24, 2.45) is 0 Å². The second kappa shape index (κ2) is 8.35. The minimum absolute atomic E-state index is 0.0441. The number of carbonyl (C=O) groups excluding carboxylic acids is 1. The SMILES string of the molecule is CC(CNc1cc(N2CCN(C)C(=O)C2)ncn1)Oc1ccccc1Br. The van der Waals surface area contributed by atoms with Gasteiger partial charge in [0.25, 0.3) is 0 Å².